The Kier molecular flexibility index (Phi) is 6.32. The highest BCUT2D eigenvalue weighted by molar-refractivity contribution is 6.30. The lowest BCUT2D eigenvalue weighted by Gasteiger charge is -2.13. The summed E-state index contributed by atoms with van der Waals surface area (Å²) in [6.45, 7) is 3.38. The summed E-state index contributed by atoms with van der Waals surface area (Å²) in [5.41, 5.74) is 9.90. The van der Waals surface area contributed by atoms with E-state index in [1.54, 1.807) is 38.1 Å². The molecule has 3 aromatic rings. The summed E-state index contributed by atoms with van der Waals surface area (Å²) >= 11 is 5.86. The second kappa shape index (κ2) is 9.33. The lowest BCUT2D eigenvalue weighted by molar-refractivity contribution is 0.0828. The molecule has 10 heteroatoms. The van der Waals surface area contributed by atoms with Gasteiger partial charge in [-0.1, -0.05) is 11.6 Å². The molecule has 170 valence electrons. The van der Waals surface area contributed by atoms with Crippen LogP contribution in [0.4, 0.5) is 0 Å². The minimum absolute atomic E-state index is 0.0721. The number of amides is 3. The van der Waals surface area contributed by atoms with Crippen molar-refractivity contribution in [1.82, 2.24) is 16.3 Å². The third-order valence-corrected chi connectivity index (χ3v) is 5.58. The fourth-order valence-corrected chi connectivity index (χ4v) is 3.76. The zero-order chi connectivity index (χ0) is 23.5. The number of fused-ring (bicyclic) bond motifs is 1. The van der Waals surface area contributed by atoms with E-state index >= 15 is 0 Å². The average molecular weight is 469 g/mol. The molecule has 0 radical (unpaired) electrons. The third kappa shape index (κ3) is 4.68. The summed E-state index contributed by atoms with van der Waals surface area (Å²) in [7, 11) is 0. The molecular formula is C23H21ClN4O5. The zero-order valence-corrected chi connectivity index (χ0v) is 18.7. The van der Waals surface area contributed by atoms with E-state index in [1.807, 2.05) is 0 Å². The normalized spacial score (nSPS) is 14.0. The topological polar surface area (TPSA) is 126 Å². The molecule has 1 aliphatic carbocycles. The smallest absolute Gasteiger partial charge is 0.305 e. The quantitative estimate of drug-likeness (QED) is 0.503. The van der Waals surface area contributed by atoms with E-state index in [0.29, 0.717) is 57.4 Å². The number of aryl methyl sites for hydroxylation is 2. The monoisotopic (exact) mass is 468 g/mol. The van der Waals surface area contributed by atoms with Crippen LogP contribution < -0.4 is 16.3 Å². The van der Waals surface area contributed by atoms with Gasteiger partial charge in [0.2, 0.25) is 0 Å². The number of hydrogen-bond donors (Lipinski definition) is 3. The van der Waals surface area contributed by atoms with E-state index in [9.17, 15) is 14.4 Å². The Hall–Kier alpha value is -3.85. The summed E-state index contributed by atoms with van der Waals surface area (Å²) in [6, 6.07) is 7.97. The predicted molar refractivity (Wildman–Crippen MR) is 120 cm³/mol. The van der Waals surface area contributed by atoms with E-state index < -0.39 is 11.8 Å². The van der Waals surface area contributed by atoms with Crippen molar-refractivity contribution >= 4 is 35.0 Å². The lowest BCUT2D eigenvalue weighted by Crippen LogP contribution is -2.41. The summed E-state index contributed by atoms with van der Waals surface area (Å²) < 4.78 is 10.9. The van der Waals surface area contributed by atoms with Gasteiger partial charge in [-0.05, 0) is 57.0 Å². The van der Waals surface area contributed by atoms with E-state index in [1.165, 1.54) is 12.3 Å². The van der Waals surface area contributed by atoms with Crippen LogP contribution in [-0.2, 0) is 6.42 Å². The van der Waals surface area contributed by atoms with Crippen LogP contribution in [0.1, 0.15) is 66.8 Å². The number of nitrogens with one attached hydrogen (secondary N) is 3. The number of nitrogens with zero attached hydrogens (tertiary/aromatic N) is 1. The first kappa shape index (κ1) is 22.3. The van der Waals surface area contributed by atoms with Gasteiger partial charge in [0.25, 0.3) is 11.8 Å². The second-order valence-corrected chi connectivity index (χ2v) is 7.95. The van der Waals surface area contributed by atoms with Gasteiger partial charge in [0.05, 0.1) is 17.5 Å². The Morgan fingerprint density at radius 2 is 1.70 bits per heavy atom. The largest absolute Gasteiger partial charge is 0.469 e. The van der Waals surface area contributed by atoms with Gasteiger partial charge < -0.3 is 8.83 Å². The molecule has 2 heterocycles. The molecule has 1 aliphatic rings. The molecule has 3 N–H and O–H groups in total. The number of benzene rings is 1. The highest BCUT2D eigenvalue weighted by Crippen LogP contribution is 2.29. The van der Waals surface area contributed by atoms with Crippen LogP contribution in [-0.4, -0.2) is 23.4 Å². The third-order valence-electron chi connectivity index (χ3n) is 5.32. The van der Waals surface area contributed by atoms with Crippen LogP contribution in [0.15, 0.2) is 50.5 Å². The SMILES string of the molecule is Cc1occc1C(=O)NNC(=O)c1oc2c(c1C)/C(=N/NC(=O)c1ccc(Cl)cc1)CCC2. The van der Waals surface area contributed by atoms with Gasteiger partial charge in [0.1, 0.15) is 11.5 Å². The lowest BCUT2D eigenvalue weighted by atomic mass is 9.93. The minimum Gasteiger partial charge on any atom is -0.469 e. The van der Waals surface area contributed by atoms with Crippen molar-refractivity contribution in [2.24, 2.45) is 5.10 Å². The van der Waals surface area contributed by atoms with Crippen molar-refractivity contribution in [1.29, 1.82) is 0 Å². The molecule has 0 saturated heterocycles. The molecule has 3 amide bonds. The van der Waals surface area contributed by atoms with Crippen LogP contribution in [0.2, 0.25) is 5.02 Å². The van der Waals surface area contributed by atoms with Crippen LogP contribution in [0.3, 0.4) is 0 Å². The molecule has 1 aromatic carbocycles. The molecule has 0 aliphatic heterocycles. The zero-order valence-electron chi connectivity index (χ0n) is 18.0. The molecular weight excluding hydrogens is 448 g/mol. The van der Waals surface area contributed by atoms with Crippen LogP contribution in [0.5, 0.6) is 0 Å². The van der Waals surface area contributed by atoms with Gasteiger partial charge in [-0.3, -0.25) is 25.2 Å². The summed E-state index contributed by atoms with van der Waals surface area (Å²) in [5.74, 6) is -0.351. The molecule has 0 unspecified atom stereocenters. The summed E-state index contributed by atoms with van der Waals surface area (Å²) in [6.07, 6.45) is 3.40. The molecule has 0 spiro atoms. The van der Waals surface area contributed by atoms with E-state index in [4.69, 9.17) is 20.4 Å². The molecule has 0 atom stereocenters. The van der Waals surface area contributed by atoms with Gasteiger partial charge in [0.15, 0.2) is 5.76 Å². The standard InChI is InChI=1S/C23H21ClN4O5/c1-12-19-17(25-26-21(29)14-6-8-15(24)9-7-14)4-3-5-18(19)33-20(12)23(31)28-27-22(30)16-10-11-32-13(16)2/h6-11H,3-5H2,1-2H3,(H,26,29)(H,27,30)(H,28,31)/b25-17+. The molecule has 2 aromatic heterocycles. The average Bonchev–Trinajstić information content (AvgIpc) is 3.39. The first-order valence-corrected chi connectivity index (χ1v) is 10.6. The van der Waals surface area contributed by atoms with Gasteiger partial charge >= 0.3 is 5.91 Å². The summed E-state index contributed by atoms with van der Waals surface area (Å²) in [5, 5.41) is 4.82. The molecule has 0 saturated carbocycles. The maximum absolute atomic E-state index is 12.7. The number of halogens is 1. The number of furan rings is 2. The molecule has 4 rings (SSSR count). The highest BCUT2D eigenvalue weighted by atomic mass is 35.5. The number of carbonyl (C=O) groups excluding carboxylic acids is 3. The second-order valence-electron chi connectivity index (χ2n) is 7.51. The van der Waals surface area contributed by atoms with Crippen molar-refractivity contribution in [2.75, 3.05) is 0 Å². The number of hydrogen-bond acceptors (Lipinski definition) is 6. The highest BCUT2D eigenvalue weighted by Gasteiger charge is 2.28. The van der Waals surface area contributed by atoms with Crippen molar-refractivity contribution in [3.8, 4) is 0 Å². The van der Waals surface area contributed by atoms with E-state index in [-0.39, 0.29) is 11.7 Å². The van der Waals surface area contributed by atoms with Gasteiger partial charge in [-0.2, -0.15) is 5.10 Å². The van der Waals surface area contributed by atoms with Crippen molar-refractivity contribution in [3.63, 3.8) is 0 Å². The van der Waals surface area contributed by atoms with Gasteiger partial charge in [-0.15, -0.1) is 0 Å². The van der Waals surface area contributed by atoms with Crippen LogP contribution >= 0.6 is 11.6 Å². The van der Waals surface area contributed by atoms with Crippen LogP contribution in [0, 0.1) is 13.8 Å². The van der Waals surface area contributed by atoms with Crippen LogP contribution in [0.25, 0.3) is 0 Å². The molecule has 9 nitrogen and oxygen atoms in total. The molecule has 0 fully saturated rings. The fourth-order valence-electron chi connectivity index (χ4n) is 3.64. The molecule has 33 heavy (non-hydrogen) atoms. The number of rotatable bonds is 4. The van der Waals surface area contributed by atoms with Crippen molar-refractivity contribution < 1.29 is 23.2 Å². The Morgan fingerprint density at radius 1 is 0.970 bits per heavy atom. The van der Waals surface area contributed by atoms with Gasteiger partial charge in [0, 0.05) is 28.1 Å². The Balaban J connectivity index is 1.48. The summed E-state index contributed by atoms with van der Waals surface area (Å²) in [4.78, 5) is 37.2. The van der Waals surface area contributed by atoms with E-state index in [2.05, 4.69) is 21.4 Å². The van der Waals surface area contributed by atoms with Crippen molar-refractivity contribution in [3.05, 3.63) is 81.2 Å². The fraction of sp³-hybridized carbons (Fsp3) is 0.217. The number of hydrazone groups is 1. The first-order valence-electron chi connectivity index (χ1n) is 10.2. The predicted octanol–water partition coefficient (Wildman–Crippen LogP) is 3.69. The maximum atomic E-state index is 12.7. The first-order chi connectivity index (χ1) is 15.8. The van der Waals surface area contributed by atoms with Gasteiger partial charge in [-0.25, -0.2) is 5.43 Å². The maximum Gasteiger partial charge on any atom is 0.305 e. The molecule has 0 bridgehead atoms. The Labute approximate surface area is 194 Å². The Bertz CT molecular complexity index is 1260. The minimum atomic E-state index is -0.596. The van der Waals surface area contributed by atoms with Crippen molar-refractivity contribution in [2.45, 2.75) is 33.1 Å². The Morgan fingerprint density at radius 3 is 2.39 bits per heavy atom. The number of hydrazine groups is 1. The van der Waals surface area contributed by atoms with E-state index in [0.717, 1.165) is 6.42 Å². The number of carbonyl (C=O) groups is 3.